The van der Waals surface area contributed by atoms with Crippen molar-refractivity contribution in [1.82, 2.24) is 15.2 Å². The van der Waals surface area contributed by atoms with Crippen LogP contribution in [0, 0.1) is 0 Å². The third-order valence-electron chi connectivity index (χ3n) is 1.85. The summed E-state index contributed by atoms with van der Waals surface area (Å²) in [5.41, 5.74) is 3.74. The average molecular weight is 227 g/mol. The third-order valence-corrected chi connectivity index (χ3v) is 1.85. The maximum Gasteiger partial charge on any atom is 0.342 e. The summed E-state index contributed by atoms with van der Waals surface area (Å²) in [5, 5.41) is 8.37. The molecule has 1 aromatic heterocycles. The Hall–Kier alpha value is -2.12. The van der Waals surface area contributed by atoms with Crippen LogP contribution in [0.4, 0.5) is 5.82 Å². The number of carbonyl (C=O) groups excluding carboxylic acids is 1. The number of unbranched alkanes of at least 4 members (excludes halogenated alkanes) is 1. The van der Waals surface area contributed by atoms with E-state index in [9.17, 15) is 14.4 Å². The molecular formula is C8H13N5O3. The Morgan fingerprint density at radius 2 is 2.12 bits per heavy atom. The van der Waals surface area contributed by atoms with Gasteiger partial charge in [-0.15, -0.1) is 5.10 Å². The van der Waals surface area contributed by atoms with Crippen LogP contribution < -0.4 is 22.3 Å². The van der Waals surface area contributed by atoms with Crippen molar-refractivity contribution >= 4 is 11.7 Å². The predicted molar refractivity (Wildman–Crippen MR) is 57.0 cm³/mol. The molecule has 0 fully saturated rings. The summed E-state index contributed by atoms with van der Waals surface area (Å²) >= 11 is 0. The fourth-order valence-corrected chi connectivity index (χ4v) is 1.10. The van der Waals surface area contributed by atoms with Gasteiger partial charge in [-0.05, 0) is 12.8 Å². The van der Waals surface area contributed by atoms with Gasteiger partial charge < -0.3 is 11.1 Å². The number of hydrogen-bond donors (Lipinski definition) is 4. The zero-order chi connectivity index (χ0) is 12.0. The molecule has 88 valence electrons. The molecule has 0 aliphatic heterocycles. The smallest absolute Gasteiger partial charge is 0.342 e. The summed E-state index contributed by atoms with van der Waals surface area (Å²) in [7, 11) is 0. The molecule has 0 atom stereocenters. The SMILES string of the molecule is NC(=O)CCCCNc1n[nH]c(=O)[nH]c1=O. The standard InChI is InChI=1S/C8H13N5O3/c9-5(14)3-1-2-4-10-6-7(15)11-8(16)13-12-6/h1-4H2,(H2,9,14)(H,10,12)(H2,11,13,15,16). The molecule has 0 bridgehead atoms. The average Bonchev–Trinajstić information content (AvgIpc) is 2.20. The second-order valence-electron chi connectivity index (χ2n) is 3.21. The summed E-state index contributed by atoms with van der Waals surface area (Å²) in [4.78, 5) is 34.2. The molecule has 0 aliphatic rings. The van der Waals surface area contributed by atoms with Crippen LogP contribution in [-0.4, -0.2) is 27.6 Å². The monoisotopic (exact) mass is 227 g/mol. The summed E-state index contributed by atoms with van der Waals surface area (Å²) in [5.74, 6) is -0.293. The fraction of sp³-hybridized carbons (Fsp3) is 0.500. The van der Waals surface area contributed by atoms with Crippen LogP contribution in [0.1, 0.15) is 19.3 Å². The van der Waals surface area contributed by atoms with E-state index in [1.165, 1.54) is 0 Å². The molecule has 0 saturated heterocycles. The quantitative estimate of drug-likeness (QED) is 0.440. The summed E-state index contributed by atoms with van der Waals surface area (Å²) < 4.78 is 0. The van der Waals surface area contributed by atoms with E-state index in [1.54, 1.807) is 0 Å². The number of rotatable bonds is 6. The van der Waals surface area contributed by atoms with Crippen molar-refractivity contribution in [2.24, 2.45) is 5.73 Å². The van der Waals surface area contributed by atoms with Gasteiger partial charge in [0.2, 0.25) is 11.7 Å². The first kappa shape index (κ1) is 12.0. The van der Waals surface area contributed by atoms with E-state index >= 15 is 0 Å². The highest BCUT2D eigenvalue weighted by atomic mass is 16.2. The Bertz CT molecular complexity index is 463. The number of primary amides is 1. The Morgan fingerprint density at radius 1 is 1.38 bits per heavy atom. The van der Waals surface area contributed by atoms with E-state index in [-0.39, 0.29) is 11.7 Å². The molecule has 1 heterocycles. The molecule has 0 radical (unpaired) electrons. The molecule has 0 aliphatic carbocycles. The van der Waals surface area contributed by atoms with Crippen molar-refractivity contribution in [3.8, 4) is 0 Å². The van der Waals surface area contributed by atoms with Crippen molar-refractivity contribution in [1.29, 1.82) is 0 Å². The molecule has 0 spiro atoms. The van der Waals surface area contributed by atoms with Crippen molar-refractivity contribution < 1.29 is 4.79 Å². The number of aromatic nitrogens is 3. The Morgan fingerprint density at radius 3 is 2.75 bits per heavy atom. The molecule has 1 aromatic rings. The minimum absolute atomic E-state index is 0.0543. The number of hydrogen-bond acceptors (Lipinski definition) is 5. The molecule has 0 unspecified atom stereocenters. The van der Waals surface area contributed by atoms with E-state index < -0.39 is 11.2 Å². The Labute approximate surface area is 90.3 Å². The van der Waals surface area contributed by atoms with Crippen molar-refractivity contribution in [2.45, 2.75) is 19.3 Å². The number of nitrogens with two attached hydrogens (primary N) is 1. The van der Waals surface area contributed by atoms with E-state index in [0.717, 1.165) is 0 Å². The lowest BCUT2D eigenvalue weighted by atomic mass is 10.2. The molecule has 16 heavy (non-hydrogen) atoms. The van der Waals surface area contributed by atoms with Crippen molar-refractivity contribution in [3.05, 3.63) is 20.8 Å². The summed E-state index contributed by atoms with van der Waals surface area (Å²) in [6, 6.07) is 0. The lowest BCUT2D eigenvalue weighted by Gasteiger charge is -2.02. The van der Waals surface area contributed by atoms with Crippen molar-refractivity contribution in [3.63, 3.8) is 0 Å². The van der Waals surface area contributed by atoms with Gasteiger partial charge in [0.1, 0.15) is 0 Å². The number of nitrogens with one attached hydrogen (secondary N) is 3. The molecule has 8 heteroatoms. The van der Waals surface area contributed by atoms with Crippen LogP contribution in [0.15, 0.2) is 9.59 Å². The largest absolute Gasteiger partial charge is 0.370 e. The van der Waals surface area contributed by atoms with Crippen LogP contribution in [0.5, 0.6) is 0 Å². The highest BCUT2D eigenvalue weighted by Gasteiger charge is 2.00. The lowest BCUT2D eigenvalue weighted by Crippen LogP contribution is -2.27. The number of amides is 1. The normalized spacial score (nSPS) is 10.0. The number of anilines is 1. The zero-order valence-corrected chi connectivity index (χ0v) is 8.58. The van der Waals surface area contributed by atoms with Gasteiger partial charge in [-0.25, -0.2) is 9.89 Å². The number of H-pyrrole nitrogens is 2. The Kier molecular flexibility index (Phi) is 4.25. The Balaban J connectivity index is 2.35. The lowest BCUT2D eigenvalue weighted by molar-refractivity contribution is -0.118. The molecular weight excluding hydrogens is 214 g/mol. The second kappa shape index (κ2) is 5.69. The molecule has 1 amide bonds. The van der Waals surface area contributed by atoms with Crippen LogP contribution >= 0.6 is 0 Å². The number of carbonyl (C=O) groups is 1. The van der Waals surface area contributed by atoms with E-state index in [2.05, 4.69) is 15.5 Å². The molecule has 0 aromatic carbocycles. The van der Waals surface area contributed by atoms with Crippen LogP contribution in [0.2, 0.25) is 0 Å². The van der Waals surface area contributed by atoms with Gasteiger partial charge in [0, 0.05) is 13.0 Å². The zero-order valence-electron chi connectivity index (χ0n) is 8.58. The first-order valence-electron chi connectivity index (χ1n) is 4.81. The minimum Gasteiger partial charge on any atom is -0.370 e. The molecule has 0 saturated carbocycles. The number of aromatic amines is 2. The van der Waals surface area contributed by atoms with Gasteiger partial charge in [-0.1, -0.05) is 0 Å². The van der Waals surface area contributed by atoms with Gasteiger partial charge in [-0.3, -0.25) is 14.6 Å². The summed E-state index contributed by atoms with van der Waals surface area (Å²) in [6.45, 7) is 0.482. The maximum absolute atomic E-state index is 11.1. The topological polar surface area (TPSA) is 134 Å². The number of nitrogens with zero attached hydrogens (tertiary/aromatic N) is 1. The fourth-order valence-electron chi connectivity index (χ4n) is 1.10. The van der Waals surface area contributed by atoms with Crippen LogP contribution in [-0.2, 0) is 4.79 Å². The maximum atomic E-state index is 11.1. The first-order chi connectivity index (χ1) is 7.59. The highest BCUT2D eigenvalue weighted by molar-refractivity contribution is 5.73. The van der Waals surface area contributed by atoms with Gasteiger partial charge >= 0.3 is 5.69 Å². The minimum atomic E-state index is -0.649. The predicted octanol–water partition coefficient (Wildman–Crippen LogP) is -1.47. The van der Waals surface area contributed by atoms with E-state index in [0.29, 0.717) is 25.8 Å². The van der Waals surface area contributed by atoms with E-state index in [4.69, 9.17) is 5.73 Å². The third kappa shape index (κ3) is 3.95. The highest BCUT2D eigenvalue weighted by Crippen LogP contribution is 1.95. The molecule has 5 N–H and O–H groups in total. The first-order valence-corrected chi connectivity index (χ1v) is 4.81. The second-order valence-corrected chi connectivity index (χ2v) is 3.21. The van der Waals surface area contributed by atoms with Gasteiger partial charge in [0.15, 0.2) is 0 Å². The van der Waals surface area contributed by atoms with Gasteiger partial charge in [0.25, 0.3) is 5.56 Å². The van der Waals surface area contributed by atoms with Crippen molar-refractivity contribution in [2.75, 3.05) is 11.9 Å². The molecule has 1 rings (SSSR count). The van der Waals surface area contributed by atoms with Gasteiger partial charge in [-0.2, -0.15) is 0 Å². The van der Waals surface area contributed by atoms with E-state index in [1.807, 2.05) is 4.98 Å². The molecule has 8 nitrogen and oxygen atoms in total. The van der Waals surface area contributed by atoms with Crippen LogP contribution in [0.3, 0.4) is 0 Å². The van der Waals surface area contributed by atoms with Crippen LogP contribution in [0.25, 0.3) is 0 Å². The van der Waals surface area contributed by atoms with Gasteiger partial charge in [0.05, 0.1) is 0 Å². The summed E-state index contributed by atoms with van der Waals surface area (Å²) in [6.07, 6.45) is 1.64.